The molecule has 2 aliphatic rings. The van der Waals surface area contributed by atoms with Gasteiger partial charge in [-0.2, -0.15) is 0 Å². The van der Waals surface area contributed by atoms with Gasteiger partial charge in [-0.1, -0.05) is 13.8 Å². The van der Waals surface area contributed by atoms with Gasteiger partial charge in [0.2, 0.25) is 0 Å². The maximum Gasteiger partial charge on any atom is 0.0680 e. The molecule has 1 N–H and O–H groups in total. The molecule has 2 heteroatoms. The van der Waals surface area contributed by atoms with Gasteiger partial charge in [0.05, 0.1) is 5.60 Å². The smallest absolute Gasteiger partial charge is 0.0680 e. The summed E-state index contributed by atoms with van der Waals surface area (Å²) in [4.78, 5) is 2.67. The van der Waals surface area contributed by atoms with Gasteiger partial charge >= 0.3 is 0 Å². The highest BCUT2D eigenvalue weighted by Gasteiger charge is 2.50. The molecule has 2 rings (SSSR count). The minimum atomic E-state index is -0.387. The summed E-state index contributed by atoms with van der Waals surface area (Å²) in [6.45, 7) is 11.4. The van der Waals surface area contributed by atoms with Crippen molar-refractivity contribution in [3.8, 4) is 0 Å². The number of hydrogen-bond donors (Lipinski definition) is 1. The summed E-state index contributed by atoms with van der Waals surface area (Å²) >= 11 is 0. The lowest BCUT2D eigenvalue weighted by molar-refractivity contribution is -0.0874. The number of rotatable bonds is 2. The van der Waals surface area contributed by atoms with Crippen LogP contribution in [0.4, 0.5) is 0 Å². The second-order valence-electron chi connectivity index (χ2n) is 7.69. The second kappa shape index (κ2) is 4.24. The quantitative estimate of drug-likeness (QED) is 0.800. The molecular formula is C15H29NO. The standard InChI is InChI=1S/C15H29NO/c1-11(2)8-15(17)9-12-6-7-13(10-15)16(12)14(3,4)5/h11-13,17H,6-10H2,1-5H3. The number of hydrogen-bond acceptors (Lipinski definition) is 2. The number of nitrogens with zero attached hydrogens (tertiary/aromatic N) is 1. The summed E-state index contributed by atoms with van der Waals surface area (Å²) in [6.07, 6.45) is 5.50. The Kier molecular flexibility index (Phi) is 3.33. The molecule has 0 aromatic carbocycles. The van der Waals surface area contributed by atoms with Gasteiger partial charge in [-0.05, 0) is 58.8 Å². The topological polar surface area (TPSA) is 23.5 Å². The molecule has 0 saturated carbocycles. The monoisotopic (exact) mass is 239 g/mol. The Labute approximate surface area is 106 Å². The lowest BCUT2D eigenvalue weighted by atomic mass is 9.79. The van der Waals surface area contributed by atoms with Gasteiger partial charge in [-0.3, -0.25) is 4.90 Å². The number of piperidine rings is 1. The normalized spacial score (nSPS) is 39.0. The van der Waals surface area contributed by atoms with Gasteiger partial charge < -0.3 is 5.11 Å². The zero-order chi connectivity index (χ0) is 12.8. The van der Waals surface area contributed by atoms with E-state index in [9.17, 15) is 5.11 Å². The van der Waals surface area contributed by atoms with Gasteiger partial charge in [0.1, 0.15) is 0 Å². The van der Waals surface area contributed by atoms with Gasteiger partial charge in [-0.15, -0.1) is 0 Å². The molecule has 2 heterocycles. The van der Waals surface area contributed by atoms with Crippen LogP contribution in [0.2, 0.25) is 0 Å². The Balaban J connectivity index is 2.11. The molecule has 0 aliphatic carbocycles. The van der Waals surface area contributed by atoms with Crippen molar-refractivity contribution in [3.05, 3.63) is 0 Å². The van der Waals surface area contributed by atoms with Crippen LogP contribution in [0.15, 0.2) is 0 Å². The van der Waals surface area contributed by atoms with Gasteiger partial charge in [0.15, 0.2) is 0 Å². The first-order valence-electron chi connectivity index (χ1n) is 7.22. The number of aliphatic hydroxyl groups is 1. The Morgan fingerprint density at radius 3 is 2.00 bits per heavy atom. The molecule has 2 unspecified atom stereocenters. The van der Waals surface area contributed by atoms with E-state index in [2.05, 4.69) is 39.5 Å². The van der Waals surface area contributed by atoms with E-state index in [0.717, 1.165) is 19.3 Å². The molecule has 2 bridgehead atoms. The SMILES string of the molecule is CC(C)CC1(O)CC2CCC(C1)N2C(C)(C)C. The third-order valence-corrected chi connectivity index (χ3v) is 4.41. The van der Waals surface area contributed by atoms with Crippen molar-refractivity contribution < 1.29 is 5.11 Å². The lowest BCUT2D eigenvalue weighted by Crippen LogP contribution is -2.57. The first kappa shape index (κ1) is 13.4. The van der Waals surface area contributed by atoms with Crippen LogP contribution >= 0.6 is 0 Å². The summed E-state index contributed by atoms with van der Waals surface area (Å²) < 4.78 is 0. The zero-order valence-electron chi connectivity index (χ0n) is 12.2. The summed E-state index contributed by atoms with van der Waals surface area (Å²) in [5.74, 6) is 0.598. The summed E-state index contributed by atoms with van der Waals surface area (Å²) in [5, 5.41) is 10.8. The minimum Gasteiger partial charge on any atom is -0.390 e. The molecular weight excluding hydrogens is 210 g/mol. The Morgan fingerprint density at radius 2 is 1.65 bits per heavy atom. The van der Waals surface area contributed by atoms with E-state index in [4.69, 9.17) is 0 Å². The third kappa shape index (κ3) is 2.68. The summed E-state index contributed by atoms with van der Waals surface area (Å²) in [5.41, 5.74) is -0.132. The van der Waals surface area contributed by atoms with Crippen molar-refractivity contribution in [3.63, 3.8) is 0 Å². The van der Waals surface area contributed by atoms with Crippen LogP contribution in [0.1, 0.15) is 66.7 Å². The Bertz CT molecular complexity index is 265. The summed E-state index contributed by atoms with van der Waals surface area (Å²) in [6, 6.07) is 1.22. The summed E-state index contributed by atoms with van der Waals surface area (Å²) in [7, 11) is 0. The minimum absolute atomic E-state index is 0.255. The van der Waals surface area contributed by atoms with Gasteiger partial charge in [-0.25, -0.2) is 0 Å². The van der Waals surface area contributed by atoms with E-state index in [1.54, 1.807) is 0 Å². The highest BCUT2D eigenvalue weighted by molar-refractivity contribution is 5.05. The largest absolute Gasteiger partial charge is 0.390 e. The predicted octanol–water partition coefficient (Wildman–Crippen LogP) is 3.19. The van der Waals surface area contributed by atoms with Crippen LogP contribution in [0.5, 0.6) is 0 Å². The van der Waals surface area contributed by atoms with Crippen LogP contribution in [-0.2, 0) is 0 Å². The molecule has 0 spiro atoms. The van der Waals surface area contributed by atoms with E-state index < -0.39 is 0 Å². The molecule has 100 valence electrons. The van der Waals surface area contributed by atoms with Gasteiger partial charge in [0, 0.05) is 17.6 Å². The molecule has 2 fully saturated rings. The van der Waals surface area contributed by atoms with Crippen molar-refractivity contribution in [1.82, 2.24) is 4.90 Å². The van der Waals surface area contributed by atoms with Crippen molar-refractivity contribution in [2.24, 2.45) is 5.92 Å². The fraction of sp³-hybridized carbons (Fsp3) is 1.00. The first-order valence-corrected chi connectivity index (χ1v) is 7.22. The van der Waals surface area contributed by atoms with Gasteiger partial charge in [0.25, 0.3) is 0 Å². The molecule has 2 atom stereocenters. The molecule has 17 heavy (non-hydrogen) atoms. The Hall–Kier alpha value is -0.0800. The van der Waals surface area contributed by atoms with E-state index in [-0.39, 0.29) is 11.1 Å². The highest BCUT2D eigenvalue weighted by Crippen LogP contribution is 2.46. The second-order valence-corrected chi connectivity index (χ2v) is 7.69. The third-order valence-electron chi connectivity index (χ3n) is 4.41. The van der Waals surface area contributed by atoms with Crippen molar-refractivity contribution in [2.75, 3.05) is 0 Å². The van der Waals surface area contributed by atoms with Crippen LogP contribution in [-0.4, -0.2) is 33.2 Å². The van der Waals surface area contributed by atoms with E-state index >= 15 is 0 Å². The van der Waals surface area contributed by atoms with Crippen molar-refractivity contribution in [2.45, 2.75) is 89.9 Å². The maximum absolute atomic E-state index is 10.8. The Morgan fingerprint density at radius 1 is 1.18 bits per heavy atom. The molecule has 0 aromatic heterocycles. The van der Waals surface area contributed by atoms with Crippen molar-refractivity contribution in [1.29, 1.82) is 0 Å². The lowest BCUT2D eigenvalue weighted by Gasteiger charge is -2.50. The molecule has 0 radical (unpaired) electrons. The molecule has 0 amide bonds. The van der Waals surface area contributed by atoms with Crippen LogP contribution in [0.25, 0.3) is 0 Å². The van der Waals surface area contributed by atoms with Crippen LogP contribution in [0, 0.1) is 5.92 Å². The van der Waals surface area contributed by atoms with Crippen molar-refractivity contribution >= 4 is 0 Å². The van der Waals surface area contributed by atoms with E-state index in [0.29, 0.717) is 18.0 Å². The first-order chi connectivity index (χ1) is 7.71. The predicted molar refractivity (Wildman–Crippen MR) is 72.0 cm³/mol. The fourth-order valence-corrected chi connectivity index (χ4v) is 4.34. The average Bonchev–Trinajstić information content (AvgIpc) is 2.37. The molecule has 0 aromatic rings. The van der Waals surface area contributed by atoms with Crippen LogP contribution in [0.3, 0.4) is 0 Å². The molecule has 2 saturated heterocycles. The zero-order valence-corrected chi connectivity index (χ0v) is 12.2. The molecule has 2 nitrogen and oxygen atoms in total. The highest BCUT2D eigenvalue weighted by atomic mass is 16.3. The fourth-order valence-electron chi connectivity index (χ4n) is 4.34. The van der Waals surface area contributed by atoms with Crippen LogP contribution < -0.4 is 0 Å². The average molecular weight is 239 g/mol. The van der Waals surface area contributed by atoms with E-state index in [1.807, 2.05) is 0 Å². The number of fused-ring (bicyclic) bond motifs is 2. The van der Waals surface area contributed by atoms with E-state index in [1.165, 1.54) is 12.8 Å². The molecule has 2 aliphatic heterocycles. The maximum atomic E-state index is 10.8.